The maximum atomic E-state index is 12.7. The first kappa shape index (κ1) is 25.0. The van der Waals surface area contributed by atoms with Crippen LogP contribution in [0.15, 0.2) is 60.8 Å². The molecule has 0 spiro atoms. The van der Waals surface area contributed by atoms with Crippen LogP contribution in [0.1, 0.15) is 57.6 Å². The molecule has 1 N–H and O–H groups in total. The average Bonchev–Trinajstić information content (AvgIpc) is 3.21. The normalized spacial score (nSPS) is 21.4. The summed E-state index contributed by atoms with van der Waals surface area (Å²) in [5.41, 5.74) is 2.20. The first-order valence-electron chi connectivity index (χ1n) is 12.4. The Hall–Kier alpha value is -3.07. The van der Waals surface area contributed by atoms with E-state index in [9.17, 15) is 9.90 Å². The van der Waals surface area contributed by atoms with Crippen LogP contribution in [0.25, 0.3) is 10.9 Å². The van der Waals surface area contributed by atoms with Crippen LogP contribution in [0, 0.1) is 17.8 Å². The topological polar surface area (TPSA) is 54.7 Å². The van der Waals surface area contributed by atoms with Gasteiger partial charge in [-0.2, -0.15) is 0 Å². The van der Waals surface area contributed by atoms with E-state index in [0.29, 0.717) is 5.56 Å². The van der Waals surface area contributed by atoms with Crippen LogP contribution in [-0.2, 0) is 10.3 Å². The van der Waals surface area contributed by atoms with Crippen molar-refractivity contribution in [3.8, 4) is 11.8 Å². The van der Waals surface area contributed by atoms with E-state index in [2.05, 4.69) is 61.2 Å². The second kappa shape index (κ2) is 9.89. The van der Waals surface area contributed by atoms with Gasteiger partial charge in [0.2, 0.25) is 0 Å². The number of hydrogen-bond donors (Lipinski definition) is 1. The molecule has 1 heterocycles. The fourth-order valence-corrected chi connectivity index (χ4v) is 5.19. The van der Waals surface area contributed by atoms with E-state index in [0.717, 1.165) is 36.6 Å². The lowest BCUT2D eigenvalue weighted by atomic mass is 9.70. The number of aliphatic hydroxyl groups is 1. The molecule has 0 bridgehead atoms. The minimum atomic E-state index is -0.713. The van der Waals surface area contributed by atoms with Crippen LogP contribution < -0.4 is 0 Å². The van der Waals surface area contributed by atoms with E-state index >= 15 is 0 Å². The Morgan fingerprint density at radius 2 is 1.71 bits per heavy atom. The van der Waals surface area contributed by atoms with Gasteiger partial charge in [-0.15, -0.1) is 0 Å². The molecule has 1 fully saturated rings. The molecule has 1 aliphatic carbocycles. The molecule has 0 amide bonds. The van der Waals surface area contributed by atoms with Gasteiger partial charge in [0.15, 0.2) is 0 Å². The zero-order chi connectivity index (χ0) is 25.2. The highest BCUT2D eigenvalue weighted by atomic mass is 16.6. The molecule has 4 rings (SSSR count). The Morgan fingerprint density at radius 1 is 1.09 bits per heavy atom. The molecule has 5 heteroatoms. The summed E-state index contributed by atoms with van der Waals surface area (Å²) in [6, 6.07) is 18.3. The number of nitrogens with zero attached hydrogens (tertiary/aromatic N) is 2. The maximum absolute atomic E-state index is 12.7. The van der Waals surface area contributed by atoms with Gasteiger partial charge in [0.1, 0.15) is 11.7 Å². The Labute approximate surface area is 208 Å². The first-order valence-corrected chi connectivity index (χ1v) is 12.4. The summed E-state index contributed by atoms with van der Waals surface area (Å²) in [7, 11) is 4.29. The van der Waals surface area contributed by atoms with E-state index in [1.165, 1.54) is 10.1 Å². The van der Waals surface area contributed by atoms with E-state index in [-0.39, 0.29) is 11.5 Å². The van der Waals surface area contributed by atoms with Gasteiger partial charge in [-0.25, -0.2) is 4.79 Å². The zero-order valence-electron chi connectivity index (χ0n) is 21.4. The summed E-state index contributed by atoms with van der Waals surface area (Å²) in [4.78, 5) is 15.1. The van der Waals surface area contributed by atoms with E-state index in [4.69, 9.17) is 4.74 Å². The van der Waals surface area contributed by atoms with E-state index < -0.39 is 17.8 Å². The van der Waals surface area contributed by atoms with Crippen molar-refractivity contribution in [2.24, 2.45) is 5.92 Å². The number of rotatable bonds is 3. The van der Waals surface area contributed by atoms with E-state index in [1.807, 2.05) is 45.0 Å². The standard InChI is InChI=1S/C30H36N2O3/c1-29(2,3)35-28(34)32-21-23(25-13-9-10-14-26(25)32)15-16-27(33)22-17-19-30(20-18-22,31(4)5)24-11-7-6-8-12-24/h6-14,21-22,27,33H,17-20H2,1-5H3/t22?,27-,30?/m1/s1. The average molecular weight is 473 g/mol. The predicted molar refractivity (Wildman–Crippen MR) is 140 cm³/mol. The summed E-state index contributed by atoms with van der Waals surface area (Å²) in [6.45, 7) is 5.54. The quantitative estimate of drug-likeness (QED) is 0.491. The Balaban J connectivity index is 1.53. The summed E-state index contributed by atoms with van der Waals surface area (Å²) in [6.07, 6.45) is 4.33. The number of ether oxygens (including phenoxy) is 1. The number of fused-ring (bicyclic) bond motifs is 1. The SMILES string of the molecule is CN(C)C1(c2ccccc2)CCC([C@H](O)C#Cc2cn(C(=O)OC(C)(C)C)c3ccccc23)CC1. The van der Waals surface area contributed by atoms with Crippen molar-refractivity contribution in [1.29, 1.82) is 0 Å². The molecule has 1 atom stereocenters. The number of aliphatic hydroxyl groups excluding tert-OH is 1. The lowest BCUT2D eigenvalue weighted by Crippen LogP contribution is -2.45. The largest absolute Gasteiger partial charge is 0.443 e. The van der Waals surface area contributed by atoms with Crippen molar-refractivity contribution in [2.45, 2.75) is 63.7 Å². The molecule has 1 aromatic heterocycles. The Kier molecular flexibility index (Phi) is 7.07. The molecule has 5 nitrogen and oxygen atoms in total. The van der Waals surface area contributed by atoms with Crippen molar-refractivity contribution in [2.75, 3.05) is 14.1 Å². The highest BCUT2D eigenvalue weighted by Crippen LogP contribution is 2.43. The number of benzene rings is 2. The van der Waals surface area contributed by atoms with E-state index in [1.54, 1.807) is 6.20 Å². The third-order valence-electron chi connectivity index (χ3n) is 7.13. The number of para-hydroxylation sites is 1. The van der Waals surface area contributed by atoms with Gasteiger partial charge in [0.05, 0.1) is 11.1 Å². The molecule has 1 aliphatic rings. The molecule has 0 radical (unpaired) electrons. The van der Waals surface area contributed by atoms with Gasteiger partial charge in [-0.3, -0.25) is 9.47 Å². The number of hydrogen-bond acceptors (Lipinski definition) is 4. The summed E-state index contributed by atoms with van der Waals surface area (Å²) in [5.74, 6) is 6.37. The minimum Gasteiger partial charge on any atom is -0.443 e. The van der Waals surface area contributed by atoms with Crippen LogP contribution in [-0.4, -0.2) is 46.5 Å². The molecular formula is C30H36N2O3. The molecule has 1 saturated carbocycles. The molecule has 2 aromatic carbocycles. The van der Waals surface area contributed by atoms with Gasteiger partial charge in [-0.1, -0.05) is 60.4 Å². The van der Waals surface area contributed by atoms with Crippen LogP contribution >= 0.6 is 0 Å². The fraction of sp³-hybridized carbons (Fsp3) is 0.433. The summed E-state index contributed by atoms with van der Waals surface area (Å²) < 4.78 is 7.07. The number of carbonyl (C=O) groups is 1. The van der Waals surface area contributed by atoms with Crippen molar-refractivity contribution in [3.05, 3.63) is 71.9 Å². The Bertz CT molecular complexity index is 1230. The van der Waals surface area contributed by atoms with Crippen LogP contribution in [0.2, 0.25) is 0 Å². The second-order valence-corrected chi connectivity index (χ2v) is 10.8. The molecule has 184 valence electrons. The van der Waals surface area contributed by atoms with Crippen molar-refractivity contribution in [3.63, 3.8) is 0 Å². The predicted octanol–water partition coefficient (Wildman–Crippen LogP) is 5.78. The lowest BCUT2D eigenvalue weighted by Gasteiger charge is -2.46. The molecule has 0 saturated heterocycles. The highest BCUT2D eigenvalue weighted by Gasteiger charge is 2.40. The first-order chi connectivity index (χ1) is 16.6. The molecule has 0 aliphatic heterocycles. The number of carbonyl (C=O) groups excluding carboxylic acids is 1. The van der Waals surface area contributed by atoms with Crippen molar-refractivity contribution >= 4 is 17.0 Å². The molecule has 0 unspecified atom stereocenters. The smallest absolute Gasteiger partial charge is 0.419 e. The Morgan fingerprint density at radius 3 is 2.34 bits per heavy atom. The van der Waals surface area contributed by atoms with Gasteiger partial charge < -0.3 is 9.84 Å². The zero-order valence-corrected chi connectivity index (χ0v) is 21.4. The maximum Gasteiger partial charge on any atom is 0.419 e. The van der Waals surface area contributed by atoms with Crippen LogP contribution in [0.3, 0.4) is 0 Å². The molecule has 3 aromatic rings. The van der Waals surface area contributed by atoms with Gasteiger partial charge in [0.25, 0.3) is 0 Å². The summed E-state index contributed by atoms with van der Waals surface area (Å²) >= 11 is 0. The van der Waals surface area contributed by atoms with Crippen molar-refractivity contribution in [1.82, 2.24) is 9.47 Å². The third kappa shape index (κ3) is 5.29. The van der Waals surface area contributed by atoms with Gasteiger partial charge in [-0.05, 0) is 78.1 Å². The molecular weight excluding hydrogens is 436 g/mol. The third-order valence-corrected chi connectivity index (χ3v) is 7.13. The lowest BCUT2D eigenvalue weighted by molar-refractivity contribution is 0.0431. The van der Waals surface area contributed by atoms with Crippen LogP contribution in [0.5, 0.6) is 0 Å². The van der Waals surface area contributed by atoms with Crippen LogP contribution in [0.4, 0.5) is 4.79 Å². The fourth-order valence-electron chi connectivity index (χ4n) is 5.19. The second-order valence-electron chi connectivity index (χ2n) is 10.8. The van der Waals surface area contributed by atoms with Gasteiger partial charge >= 0.3 is 6.09 Å². The highest BCUT2D eigenvalue weighted by molar-refractivity contribution is 5.93. The molecule has 35 heavy (non-hydrogen) atoms. The monoisotopic (exact) mass is 472 g/mol. The number of aromatic nitrogens is 1. The van der Waals surface area contributed by atoms with Crippen molar-refractivity contribution < 1.29 is 14.6 Å². The van der Waals surface area contributed by atoms with Gasteiger partial charge in [0, 0.05) is 17.1 Å². The summed E-state index contributed by atoms with van der Waals surface area (Å²) in [5, 5.41) is 11.8. The minimum absolute atomic E-state index is 0.00819.